The Kier molecular flexibility index (Phi) is 8.24. The van der Waals surface area contributed by atoms with Gasteiger partial charge in [0.05, 0.1) is 20.8 Å². The molecule has 1 aliphatic heterocycles. The molecule has 1 heterocycles. The molecule has 0 aliphatic carbocycles. The zero-order valence-electron chi connectivity index (χ0n) is 21.0. The molecule has 0 aromatic heterocycles. The maximum Gasteiger partial charge on any atom is 0.271 e. The fourth-order valence-corrected chi connectivity index (χ4v) is 5.42. The van der Waals surface area contributed by atoms with E-state index in [1.54, 1.807) is 11.0 Å². The second-order valence-corrected chi connectivity index (χ2v) is 10.6. The van der Waals surface area contributed by atoms with E-state index in [0.717, 1.165) is 28.2 Å². The first-order valence-corrected chi connectivity index (χ1v) is 13.8. The average Bonchev–Trinajstić information content (AvgIpc) is 3.23. The number of carbonyl (C=O) groups is 2. The third kappa shape index (κ3) is 6.66. The zero-order chi connectivity index (χ0) is 27.2. The van der Waals surface area contributed by atoms with Crippen molar-refractivity contribution < 1.29 is 14.3 Å². The lowest BCUT2D eigenvalue weighted by atomic mass is 10.2. The van der Waals surface area contributed by atoms with Crippen molar-refractivity contribution in [3.63, 3.8) is 0 Å². The van der Waals surface area contributed by atoms with E-state index in [1.807, 2.05) is 110 Å². The number of hydrogen-bond acceptors (Lipinski definition) is 5. The van der Waals surface area contributed by atoms with Crippen molar-refractivity contribution in [1.29, 1.82) is 0 Å². The van der Waals surface area contributed by atoms with E-state index >= 15 is 0 Å². The SMILES string of the molecule is Cc1cccc(NC(=O)COc2ccc(/C=C3\SC(=Nc4ccccc4)N(c4ccccc4)C3=O)cc2Br)c1. The largest absolute Gasteiger partial charge is 0.483 e. The molecule has 0 radical (unpaired) electrons. The van der Waals surface area contributed by atoms with Gasteiger partial charge >= 0.3 is 0 Å². The molecule has 8 heteroatoms. The summed E-state index contributed by atoms with van der Waals surface area (Å²) in [7, 11) is 0. The molecular weight excluding hydrogens is 574 g/mol. The Balaban J connectivity index is 1.32. The smallest absolute Gasteiger partial charge is 0.271 e. The highest BCUT2D eigenvalue weighted by Crippen LogP contribution is 2.38. The summed E-state index contributed by atoms with van der Waals surface area (Å²) in [6, 6.07) is 32.1. The minimum Gasteiger partial charge on any atom is -0.483 e. The summed E-state index contributed by atoms with van der Waals surface area (Å²) < 4.78 is 6.40. The van der Waals surface area contributed by atoms with Gasteiger partial charge in [0.25, 0.3) is 11.8 Å². The van der Waals surface area contributed by atoms with Gasteiger partial charge in [-0.3, -0.25) is 14.5 Å². The molecule has 1 aliphatic rings. The number of para-hydroxylation sites is 2. The van der Waals surface area contributed by atoms with E-state index in [-0.39, 0.29) is 18.4 Å². The van der Waals surface area contributed by atoms with Gasteiger partial charge in [-0.2, -0.15) is 0 Å². The lowest BCUT2D eigenvalue weighted by Gasteiger charge is -2.15. The first kappa shape index (κ1) is 26.5. The summed E-state index contributed by atoms with van der Waals surface area (Å²) in [4.78, 5) is 32.7. The highest BCUT2D eigenvalue weighted by atomic mass is 79.9. The number of anilines is 2. The predicted octanol–water partition coefficient (Wildman–Crippen LogP) is 7.58. The number of ether oxygens (including phenoxy) is 1. The Labute approximate surface area is 239 Å². The average molecular weight is 599 g/mol. The molecule has 4 aromatic rings. The topological polar surface area (TPSA) is 71.0 Å². The first-order valence-electron chi connectivity index (χ1n) is 12.2. The number of aryl methyl sites for hydroxylation is 1. The van der Waals surface area contributed by atoms with Crippen molar-refractivity contribution in [2.45, 2.75) is 6.92 Å². The Morgan fingerprint density at radius 1 is 0.974 bits per heavy atom. The van der Waals surface area contributed by atoms with E-state index in [4.69, 9.17) is 9.73 Å². The molecule has 0 atom stereocenters. The van der Waals surface area contributed by atoms with Gasteiger partial charge in [-0.25, -0.2) is 4.99 Å². The van der Waals surface area contributed by atoms with Crippen molar-refractivity contribution in [3.8, 4) is 5.75 Å². The van der Waals surface area contributed by atoms with Crippen LogP contribution in [0.1, 0.15) is 11.1 Å². The summed E-state index contributed by atoms with van der Waals surface area (Å²) in [5.41, 5.74) is 4.12. The zero-order valence-corrected chi connectivity index (χ0v) is 23.4. The maximum absolute atomic E-state index is 13.5. The summed E-state index contributed by atoms with van der Waals surface area (Å²) in [5.74, 6) is 0.127. The molecule has 2 amide bonds. The summed E-state index contributed by atoms with van der Waals surface area (Å²) >= 11 is 4.86. The van der Waals surface area contributed by atoms with Crippen molar-refractivity contribution in [3.05, 3.63) is 124 Å². The van der Waals surface area contributed by atoms with Crippen LogP contribution in [0.4, 0.5) is 17.1 Å². The van der Waals surface area contributed by atoms with Crippen LogP contribution in [0.25, 0.3) is 6.08 Å². The van der Waals surface area contributed by atoms with Gasteiger partial charge in [0.15, 0.2) is 11.8 Å². The summed E-state index contributed by atoms with van der Waals surface area (Å²) in [6.45, 7) is 1.83. The molecule has 194 valence electrons. The second kappa shape index (κ2) is 12.1. The van der Waals surface area contributed by atoms with Crippen LogP contribution in [0.5, 0.6) is 5.75 Å². The number of halogens is 1. The Bertz CT molecular complexity index is 1570. The van der Waals surface area contributed by atoms with Gasteiger partial charge in [0, 0.05) is 5.69 Å². The molecule has 0 spiro atoms. The fourth-order valence-electron chi connectivity index (χ4n) is 3.90. The van der Waals surface area contributed by atoms with Crippen LogP contribution >= 0.6 is 27.7 Å². The van der Waals surface area contributed by atoms with Crippen molar-refractivity contribution in [2.24, 2.45) is 4.99 Å². The molecular formula is C31H24BrN3O3S. The Morgan fingerprint density at radius 3 is 2.44 bits per heavy atom. The first-order chi connectivity index (χ1) is 19.0. The lowest BCUT2D eigenvalue weighted by molar-refractivity contribution is -0.118. The molecule has 39 heavy (non-hydrogen) atoms. The van der Waals surface area contributed by atoms with Crippen molar-refractivity contribution >= 4 is 67.8 Å². The number of nitrogens with zero attached hydrogens (tertiary/aromatic N) is 2. The number of amides is 2. The Morgan fingerprint density at radius 2 is 1.72 bits per heavy atom. The van der Waals surface area contributed by atoms with Crippen LogP contribution in [0.3, 0.4) is 0 Å². The summed E-state index contributed by atoms with van der Waals surface area (Å²) in [5, 5.41) is 3.42. The number of hydrogen-bond donors (Lipinski definition) is 1. The molecule has 0 bridgehead atoms. The van der Waals surface area contributed by atoms with E-state index in [1.165, 1.54) is 11.8 Å². The van der Waals surface area contributed by atoms with Gasteiger partial charge < -0.3 is 10.1 Å². The van der Waals surface area contributed by atoms with Crippen LogP contribution in [0.15, 0.2) is 117 Å². The van der Waals surface area contributed by atoms with Gasteiger partial charge in [-0.1, -0.05) is 54.6 Å². The molecule has 1 saturated heterocycles. The third-order valence-corrected chi connectivity index (χ3v) is 7.30. The highest BCUT2D eigenvalue weighted by molar-refractivity contribution is 9.10. The number of aliphatic imine (C=N–C) groups is 1. The summed E-state index contributed by atoms with van der Waals surface area (Å²) in [6.07, 6.45) is 1.83. The van der Waals surface area contributed by atoms with Crippen LogP contribution in [0.2, 0.25) is 0 Å². The quantitative estimate of drug-likeness (QED) is 0.223. The van der Waals surface area contributed by atoms with Crippen molar-refractivity contribution in [2.75, 3.05) is 16.8 Å². The van der Waals surface area contributed by atoms with Gasteiger partial charge in [0.1, 0.15) is 5.75 Å². The van der Waals surface area contributed by atoms with Crippen molar-refractivity contribution in [1.82, 2.24) is 0 Å². The lowest BCUT2D eigenvalue weighted by Crippen LogP contribution is -2.28. The molecule has 6 nitrogen and oxygen atoms in total. The number of benzene rings is 4. The number of rotatable bonds is 7. The molecule has 0 unspecified atom stereocenters. The molecule has 0 saturated carbocycles. The van der Waals surface area contributed by atoms with Gasteiger partial charge in [-0.05, 0) is 100 Å². The number of amidine groups is 1. The number of thioether (sulfide) groups is 1. The molecule has 1 N–H and O–H groups in total. The third-order valence-electron chi connectivity index (χ3n) is 5.72. The van der Waals surface area contributed by atoms with E-state index in [2.05, 4.69) is 21.2 Å². The van der Waals surface area contributed by atoms with Gasteiger partial charge in [0.2, 0.25) is 0 Å². The van der Waals surface area contributed by atoms with Crippen LogP contribution in [-0.4, -0.2) is 23.6 Å². The number of nitrogens with one attached hydrogen (secondary N) is 1. The monoisotopic (exact) mass is 597 g/mol. The Hall–Kier alpha value is -4.14. The van der Waals surface area contributed by atoms with E-state index in [9.17, 15) is 9.59 Å². The normalized spacial score (nSPS) is 15.1. The minimum absolute atomic E-state index is 0.132. The molecule has 5 rings (SSSR count). The standard InChI is InChI=1S/C31H24BrN3O3S/c1-21-9-8-12-24(17-21)33-29(36)20-38-27-16-15-22(18-26(27)32)19-28-30(37)35(25-13-6-3-7-14-25)31(39-28)34-23-10-4-2-5-11-23/h2-19H,20H2,1H3,(H,33,36)/b28-19-,34-31?. The predicted molar refractivity (Wildman–Crippen MR) is 162 cm³/mol. The van der Waals surface area contributed by atoms with Crippen LogP contribution < -0.4 is 15.0 Å². The second-order valence-electron chi connectivity index (χ2n) is 8.71. The number of carbonyl (C=O) groups excluding carboxylic acids is 2. The highest BCUT2D eigenvalue weighted by Gasteiger charge is 2.34. The fraction of sp³-hybridized carbons (Fsp3) is 0.0645. The molecule has 1 fully saturated rings. The minimum atomic E-state index is -0.252. The van der Waals surface area contributed by atoms with E-state index < -0.39 is 0 Å². The maximum atomic E-state index is 13.5. The van der Waals surface area contributed by atoms with Crippen LogP contribution in [-0.2, 0) is 9.59 Å². The van der Waals surface area contributed by atoms with E-state index in [0.29, 0.717) is 20.3 Å². The van der Waals surface area contributed by atoms with Gasteiger partial charge in [-0.15, -0.1) is 0 Å². The molecule has 4 aromatic carbocycles. The van der Waals surface area contributed by atoms with Crippen LogP contribution in [0, 0.1) is 6.92 Å².